The van der Waals surface area contributed by atoms with Gasteiger partial charge < -0.3 is 15.7 Å². The summed E-state index contributed by atoms with van der Waals surface area (Å²) in [6, 6.07) is 14.8. The van der Waals surface area contributed by atoms with Gasteiger partial charge in [0.1, 0.15) is 5.75 Å². The van der Waals surface area contributed by atoms with E-state index in [9.17, 15) is 9.90 Å². The first-order valence-electron chi connectivity index (χ1n) is 6.89. The lowest BCUT2D eigenvalue weighted by atomic mass is 10.1. The number of likely N-dealkylation sites (N-methyl/N-ethyl adjacent to an activating group) is 1. The summed E-state index contributed by atoms with van der Waals surface area (Å²) in [6.07, 6.45) is 0.194. The van der Waals surface area contributed by atoms with Crippen molar-refractivity contribution in [3.63, 3.8) is 0 Å². The van der Waals surface area contributed by atoms with Crippen LogP contribution in [0.4, 0.5) is 0 Å². The lowest BCUT2D eigenvalue weighted by molar-refractivity contribution is -0.129. The van der Waals surface area contributed by atoms with Crippen molar-refractivity contribution in [3.8, 4) is 5.75 Å². The van der Waals surface area contributed by atoms with Gasteiger partial charge in [-0.25, -0.2) is 0 Å². The third-order valence-electron chi connectivity index (χ3n) is 3.41. The predicted molar refractivity (Wildman–Crippen MR) is 82.6 cm³/mol. The minimum atomic E-state index is -0.0327. The quantitative estimate of drug-likeness (QED) is 0.883. The minimum Gasteiger partial charge on any atom is -0.508 e. The van der Waals surface area contributed by atoms with Gasteiger partial charge in [0, 0.05) is 25.7 Å². The normalized spacial score (nSPS) is 10.4. The molecule has 4 heteroatoms. The number of benzene rings is 2. The fourth-order valence-electron chi connectivity index (χ4n) is 2.18. The molecule has 0 unspecified atom stereocenters. The fraction of sp³-hybridized carbons (Fsp3) is 0.235. The van der Waals surface area contributed by atoms with E-state index < -0.39 is 0 Å². The number of amides is 1. The number of rotatable bonds is 5. The largest absolute Gasteiger partial charge is 0.508 e. The molecule has 0 spiro atoms. The third kappa shape index (κ3) is 4.07. The van der Waals surface area contributed by atoms with Crippen LogP contribution in [0.1, 0.15) is 16.7 Å². The lowest BCUT2D eigenvalue weighted by Crippen LogP contribution is -2.27. The van der Waals surface area contributed by atoms with E-state index in [1.807, 2.05) is 30.3 Å². The van der Waals surface area contributed by atoms with Gasteiger partial charge in [-0.05, 0) is 17.2 Å². The number of para-hydroxylation sites is 1. The minimum absolute atomic E-state index is 0.0327. The molecule has 0 heterocycles. The summed E-state index contributed by atoms with van der Waals surface area (Å²) >= 11 is 0. The Hall–Kier alpha value is -2.33. The molecule has 4 nitrogen and oxygen atoms in total. The third-order valence-corrected chi connectivity index (χ3v) is 3.41. The average molecular weight is 284 g/mol. The highest BCUT2D eigenvalue weighted by Gasteiger charge is 2.12. The highest BCUT2D eigenvalue weighted by molar-refractivity contribution is 5.79. The van der Waals surface area contributed by atoms with Gasteiger partial charge in [0.25, 0.3) is 0 Å². The standard InChI is InChI=1S/C17H20N2O2/c1-19(12-14-6-4-5-13(9-14)11-18)17(21)10-15-7-2-3-8-16(15)20/h2-9,20H,10-12,18H2,1H3. The fourth-order valence-corrected chi connectivity index (χ4v) is 2.18. The van der Waals surface area contributed by atoms with Gasteiger partial charge in [-0.2, -0.15) is 0 Å². The maximum Gasteiger partial charge on any atom is 0.227 e. The second-order valence-electron chi connectivity index (χ2n) is 5.08. The lowest BCUT2D eigenvalue weighted by Gasteiger charge is -2.18. The molecule has 2 aromatic carbocycles. The van der Waals surface area contributed by atoms with Gasteiger partial charge in [-0.3, -0.25) is 4.79 Å². The molecule has 0 saturated heterocycles. The van der Waals surface area contributed by atoms with Crippen LogP contribution in [-0.4, -0.2) is 23.0 Å². The van der Waals surface area contributed by atoms with Crippen LogP contribution in [0.15, 0.2) is 48.5 Å². The number of hydrogen-bond acceptors (Lipinski definition) is 3. The van der Waals surface area contributed by atoms with E-state index in [-0.39, 0.29) is 18.1 Å². The van der Waals surface area contributed by atoms with Crippen LogP contribution in [0.2, 0.25) is 0 Å². The SMILES string of the molecule is CN(Cc1cccc(CN)c1)C(=O)Cc1ccccc1O. The second-order valence-corrected chi connectivity index (χ2v) is 5.08. The van der Waals surface area contributed by atoms with Crippen LogP contribution in [-0.2, 0) is 24.3 Å². The molecule has 0 aliphatic rings. The van der Waals surface area contributed by atoms with Crippen LogP contribution in [0.5, 0.6) is 5.75 Å². The Morgan fingerprint density at radius 3 is 2.57 bits per heavy atom. The van der Waals surface area contributed by atoms with Gasteiger partial charge in [0.15, 0.2) is 0 Å². The Bertz CT molecular complexity index is 626. The molecule has 0 bridgehead atoms. The Kier molecular flexibility index (Phi) is 4.95. The van der Waals surface area contributed by atoms with Crippen LogP contribution in [0.3, 0.4) is 0 Å². The van der Waals surface area contributed by atoms with Crippen molar-refractivity contribution in [2.24, 2.45) is 5.73 Å². The molecule has 0 aliphatic carbocycles. The monoisotopic (exact) mass is 284 g/mol. The molecule has 0 fully saturated rings. The molecule has 0 aromatic heterocycles. The summed E-state index contributed by atoms with van der Waals surface area (Å²) in [5.41, 5.74) is 8.36. The molecule has 2 rings (SSSR count). The van der Waals surface area contributed by atoms with Crippen LogP contribution in [0.25, 0.3) is 0 Å². The number of carbonyl (C=O) groups is 1. The van der Waals surface area contributed by atoms with Crippen molar-refractivity contribution in [1.82, 2.24) is 4.90 Å². The molecule has 2 aromatic rings. The van der Waals surface area contributed by atoms with E-state index in [0.29, 0.717) is 18.7 Å². The number of hydrogen-bond donors (Lipinski definition) is 2. The van der Waals surface area contributed by atoms with Gasteiger partial charge in [0.05, 0.1) is 6.42 Å². The first kappa shape index (κ1) is 15.1. The number of phenolic OH excluding ortho intramolecular Hbond substituents is 1. The highest BCUT2D eigenvalue weighted by Crippen LogP contribution is 2.17. The zero-order chi connectivity index (χ0) is 15.2. The maximum absolute atomic E-state index is 12.2. The van der Waals surface area contributed by atoms with Gasteiger partial charge in [0.2, 0.25) is 5.91 Å². The average Bonchev–Trinajstić information content (AvgIpc) is 2.49. The van der Waals surface area contributed by atoms with E-state index in [1.54, 1.807) is 30.1 Å². The van der Waals surface area contributed by atoms with Crippen molar-refractivity contribution >= 4 is 5.91 Å². The van der Waals surface area contributed by atoms with Gasteiger partial charge >= 0.3 is 0 Å². The number of aromatic hydroxyl groups is 1. The Labute approximate surface area is 124 Å². The van der Waals surface area contributed by atoms with E-state index in [2.05, 4.69) is 0 Å². The summed E-state index contributed by atoms with van der Waals surface area (Å²) < 4.78 is 0. The number of nitrogens with zero attached hydrogens (tertiary/aromatic N) is 1. The number of carbonyl (C=O) groups excluding carboxylic acids is 1. The molecule has 1 amide bonds. The van der Waals surface area contributed by atoms with Crippen molar-refractivity contribution in [3.05, 3.63) is 65.2 Å². The molecular weight excluding hydrogens is 264 g/mol. The Morgan fingerprint density at radius 2 is 1.86 bits per heavy atom. The van der Waals surface area contributed by atoms with Crippen molar-refractivity contribution in [2.45, 2.75) is 19.5 Å². The van der Waals surface area contributed by atoms with E-state index in [0.717, 1.165) is 11.1 Å². The summed E-state index contributed by atoms with van der Waals surface area (Å²) in [7, 11) is 1.76. The molecule has 0 saturated carbocycles. The van der Waals surface area contributed by atoms with E-state index >= 15 is 0 Å². The molecule has 110 valence electrons. The van der Waals surface area contributed by atoms with E-state index in [1.165, 1.54) is 0 Å². The molecule has 21 heavy (non-hydrogen) atoms. The molecule has 0 aliphatic heterocycles. The van der Waals surface area contributed by atoms with Crippen LogP contribution in [0, 0.1) is 0 Å². The van der Waals surface area contributed by atoms with Crippen molar-refractivity contribution in [2.75, 3.05) is 7.05 Å². The Balaban J connectivity index is 2.01. The highest BCUT2D eigenvalue weighted by atomic mass is 16.3. The van der Waals surface area contributed by atoms with Gasteiger partial charge in [-0.1, -0.05) is 42.5 Å². The van der Waals surface area contributed by atoms with Gasteiger partial charge in [-0.15, -0.1) is 0 Å². The zero-order valence-corrected chi connectivity index (χ0v) is 12.1. The summed E-state index contributed by atoms with van der Waals surface area (Å²) in [5, 5.41) is 9.71. The zero-order valence-electron chi connectivity index (χ0n) is 12.1. The first-order chi connectivity index (χ1) is 10.1. The van der Waals surface area contributed by atoms with Crippen LogP contribution < -0.4 is 5.73 Å². The van der Waals surface area contributed by atoms with Crippen molar-refractivity contribution < 1.29 is 9.90 Å². The molecule has 0 radical (unpaired) electrons. The maximum atomic E-state index is 12.2. The van der Waals surface area contributed by atoms with E-state index in [4.69, 9.17) is 5.73 Å². The smallest absolute Gasteiger partial charge is 0.227 e. The first-order valence-corrected chi connectivity index (χ1v) is 6.89. The number of phenols is 1. The van der Waals surface area contributed by atoms with Crippen LogP contribution >= 0.6 is 0 Å². The van der Waals surface area contributed by atoms with Crippen molar-refractivity contribution in [1.29, 1.82) is 0 Å². The summed E-state index contributed by atoms with van der Waals surface area (Å²) in [4.78, 5) is 13.9. The Morgan fingerprint density at radius 1 is 1.14 bits per heavy atom. The number of nitrogens with two attached hydrogens (primary N) is 1. The predicted octanol–water partition coefficient (Wildman–Crippen LogP) is 2.05. The molecular formula is C17H20N2O2. The molecule has 3 N–H and O–H groups in total. The summed E-state index contributed by atoms with van der Waals surface area (Å²) in [5.74, 6) is 0.124. The topological polar surface area (TPSA) is 66.6 Å². The summed E-state index contributed by atoms with van der Waals surface area (Å²) in [6.45, 7) is 1.02. The second kappa shape index (κ2) is 6.90. The molecule has 0 atom stereocenters.